The van der Waals surface area contributed by atoms with Crippen molar-refractivity contribution in [2.75, 3.05) is 7.11 Å². The number of Topliss-reactive ketones (excluding diaryl/α,β-unsaturated/α-hetero) is 1. The number of methoxy groups -OCH3 is 1. The van der Waals surface area contributed by atoms with Crippen molar-refractivity contribution in [2.24, 2.45) is 0 Å². The zero-order valence-corrected chi connectivity index (χ0v) is 18.5. The maximum atomic E-state index is 13.1. The minimum atomic E-state index is -0.804. The van der Waals surface area contributed by atoms with Gasteiger partial charge in [0.15, 0.2) is 0 Å². The molecule has 0 radical (unpaired) electrons. The van der Waals surface area contributed by atoms with Gasteiger partial charge in [-0.25, -0.2) is 0 Å². The molecule has 1 unspecified atom stereocenters. The van der Waals surface area contributed by atoms with Gasteiger partial charge in [0, 0.05) is 29.5 Å². The fraction of sp³-hybridized carbons (Fsp3) is 0.125. The molecule has 0 saturated carbocycles. The second-order valence-corrected chi connectivity index (χ2v) is 8.03. The average molecular weight is 469 g/mol. The van der Waals surface area contributed by atoms with Crippen LogP contribution in [-0.4, -0.2) is 33.8 Å². The van der Waals surface area contributed by atoms with Crippen molar-refractivity contribution in [1.82, 2.24) is 9.88 Å². The van der Waals surface area contributed by atoms with Gasteiger partial charge in [0.25, 0.3) is 11.7 Å². The van der Waals surface area contributed by atoms with E-state index >= 15 is 0 Å². The summed E-state index contributed by atoms with van der Waals surface area (Å²) >= 11 is 12.1. The Morgan fingerprint density at radius 3 is 2.41 bits per heavy atom. The molecule has 32 heavy (non-hydrogen) atoms. The molecule has 162 valence electrons. The van der Waals surface area contributed by atoms with Gasteiger partial charge in [-0.3, -0.25) is 14.6 Å². The number of benzene rings is 2. The average Bonchev–Trinajstić information content (AvgIpc) is 3.05. The van der Waals surface area contributed by atoms with Gasteiger partial charge in [-0.15, -0.1) is 0 Å². The third kappa shape index (κ3) is 4.07. The number of carbonyl (C=O) groups excluding carboxylic acids is 2. The topological polar surface area (TPSA) is 79.7 Å². The molecule has 0 spiro atoms. The number of pyridine rings is 1. The van der Waals surface area contributed by atoms with Crippen LogP contribution in [0.1, 0.15) is 22.7 Å². The Kier molecular flexibility index (Phi) is 6.17. The first-order valence-corrected chi connectivity index (χ1v) is 10.4. The molecule has 4 rings (SSSR count). The molecule has 1 fully saturated rings. The molecule has 1 aromatic heterocycles. The lowest BCUT2D eigenvalue weighted by Gasteiger charge is -2.25. The van der Waals surface area contributed by atoms with E-state index in [9.17, 15) is 14.7 Å². The summed E-state index contributed by atoms with van der Waals surface area (Å²) in [6, 6.07) is 14.2. The highest BCUT2D eigenvalue weighted by Crippen LogP contribution is 2.41. The molecule has 1 saturated heterocycles. The Labute approximate surface area is 194 Å². The molecule has 3 aromatic rings. The van der Waals surface area contributed by atoms with Crippen molar-refractivity contribution in [3.63, 3.8) is 0 Å². The predicted octanol–water partition coefficient (Wildman–Crippen LogP) is 5.02. The summed E-state index contributed by atoms with van der Waals surface area (Å²) in [7, 11) is 1.45. The molecule has 1 aliphatic rings. The number of likely N-dealkylation sites (tertiary alicyclic amines) is 1. The van der Waals surface area contributed by atoms with E-state index in [1.54, 1.807) is 60.9 Å². The second kappa shape index (κ2) is 9.02. The quantitative estimate of drug-likeness (QED) is 0.323. The molecular weight excluding hydrogens is 451 g/mol. The highest BCUT2D eigenvalue weighted by Gasteiger charge is 2.46. The summed E-state index contributed by atoms with van der Waals surface area (Å²) in [6.45, 7) is 0.168. The number of aromatic nitrogens is 1. The third-order valence-corrected chi connectivity index (χ3v) is 5.82. The van der Waals surface area contributed by atoms with Gasteiger partial charge in [0.2, 0.25) is 0 Å². The van der Waals surface area contributed by atoms with Crippen molar-refractivity contribution in [1.29, 1.82) is 0 Å². The van der Waals surface area contributed by atoms with Gasteiger partial charge in [0.1, 0.15) is 11.5 Å². The number of hydrogen-bond donors (Lipinski definition) is 1. The van der Waals surface area contributed by atoms with Crippen LogP contribution in [0.5, 0.6) is 5.75 Å². The van der Waals surface area contributed by atoms with Crippen LogP contribution in [0, 0.1) is 0 Å². The number of halogens is 2. The number of amides is 1. The first-order chi connectivity index (χ1) is 15.4. The molecule has 0 aliphatic carbocycles. The smallest absolute Gasteiger partial charge is 0.295 e. The first kappa shape index (κ1) is 21.9. The van der Waals surface area contributed by atoms with Crippen molar-refractivity contribution < 1.29 is 19.4 Å². The van der Waals surface area contributed by atoms with E-state index in [4.69, 9.17) is 27.9 Å². The number of ether oxygens (including phenoxy) is 1. The van der Waals surface area contributed by atoms with Crippen molar-refractivity contribution in [3.05, 3.63) is 99.3 Å². The Morgan fingerprint density at radius 1 is 1.06 bits per heavy atom. The molecule has 1 atom stereocenters. The van der Waals surface area contributed by atoms with Crippen LogP contribution in [0.25, 0.3) is 5.76 Å². The highest BCUT2D eigenvalue weighted by molar-refractivity contribution is 6.46. The number of rotatable bonds is 5. The Hall–Kier alpha value is -3.35. The van der Waals surface area contributed by atoms with Crippen LogP contribution in [-0.2, 0) is 16.1 Å². The SMILES string of the molecule is COc1cc(/C(O)=C2/C(=O)C(=O)N(Cc3ccncc3)C2c2ccc(Cl)cc2)ccc1Cl. The summed E-state index contributed by atoms with van der Waals surface area (Å²) in [5.74, 6) is -1.45. The normalized spacial score (nSPS) is 17.6. The molecule has 8 heteroatoms. The summed E-state index contributed by atoms with van der Waals surface area (Å²) in [5.41, 5.74) is 1.74. The lowest BCUT2D eigenvalue weighted by atomic mass is 9.95. The molecular formula is C24H18Cl2N2O4. The van der Waals surface area contributed by atoms with E-state index in [-0.39, 0.29) is 17.9 Å². The lowest BCUT2D eigenvalue weighted by molar-refractivity contribution is -0.140. The van der Waals surface area contributed by atoms with E-state index in [1.807, 2.05) is 0 Å². The van der Waals surface area contributed by atoms with E-state index in [0.29, 0.717) is 26.9 Å². The first-order valence-electron chi connectivity index (χ1n) is 9.67. The summed E-state index contributed by atoms with van der Waals surface area (Å²) in [5, 5.41) is 12.0. The summed E-state index contributed by atoms with van der Waals surface area (Å²) in [6.07, 6.45) is 3.23. The van der Waals surface area contributed by atoms with Crippen molar-refractivity contribution >= 4 is 40.7 Å². The maximum absolute atomic E-state index is 13.1. The summed E-state index contributed by atoms with van der Waals surface area (Å²) in [4.78, 5) is 31.5. The summed E-state index contributed by atoms with van der Waals surface area (Å²) < 4.78 is 5.22. The molecule has 2 heterocycles. The largest absolute Gasteiger partial charge is 0.507 e. The molecule has 1 aliphatic heterocycles. The zero-order valence-electron chi connectivity index (χ0n) is 17.0. The number of aliphatic hydroxyl groups excluding tert-OH is 1. The Bertz CT molecular complexity index is 1210. The van der Waals surface area contributed by atoms with Crippen LogP contribution >= 0.6 is 23.2 Å². The molecule has 0 bridgehead atoms. The number of ketones is 1. The predicted molar refractivity (Wildman–Crippen MR) is 122 cm³/mol. The maximum Gasteiger partial charge on any atom is 0.295 e. The van der Waals surface area contributed by atoms with Crippen LogP contribution < -0.4 is 4.74 Å². The number of hydrogen-bond acceptors (Lipinski definition) is 5. The van der Waals surface area contributed by atoms with E-state index in [0.717, 1.165) is 5.56 Å². The molecule has 6 nitrogen and oxygen atoms in total. The highest BCUT2D eigenvalue weighted by atomic mass is 35.5. The van der Waals surface area contributed by atoms with Gasteiger partial charge in [-0.05, 0) is 53.6 Å². The van der Waals surface area contributed by atoms with Crippen molar-refractivity contribution in [2.45, 2.75) is 12.6 Å². The van der Waals surface area contributed by atoms with Gasteiger partial charge in [-0.1, -0.05) is 35.3 Å². The van der Waals surface area contributed by atoms with E-state index < -0.39 is 17.7 Å². The van der Waals surface area contributed by atoms with Crippen LogP contribution in [0.3, 0.4) is 0 Å². The zero-order chi connectivity index (χ0) is 22.8. The van der Waals surface area contributed by atoms with Gasteiger partial charge < -0.3 is 14.7 Å². The monoisotopic (exact) mass is 468 g/mol. The standard InChI is InChI=1S/C24H18Cl2N2O4/c1-32-19-12-16(4-7-18(19)26)22(29)20-21(15-2-5-17(25)6-3-15)28(24(31)23(20)30)13-14-8-10-27-11-9-14/h2-12,21,29H,13H2,1H3/b22-20-. The third-order valence-electron chi connectivity index (χ3n) is 5.25. The minimum Gasteiger partial charge on any atom is -0.507 e. The fourth-order valence-electron chi connectivity index (χ4n) is 3.68. The van der Waals surface area contributed by atoms with E-state index in [2.05, 4.69) is 4.98 Å². The Balaban J connectivity index is 1.87. The number of nitrogens with zero attached hydrogens (tertiary/aromatic N) is 2. The molecule has 1 N–H and O–H groups in total. The molecule has 2 aromatic carbocycles. The van der Waals surface area contributed by atoms with Gasteiger partial charge in [0.05, 0.1) is 23.7 Å². The van der Waals surface area contributed by atoms with Crippen LogP contribution in [0.4, 0.5) is 0 Å². The van der Waals surface area contributed by atoms with E-state index in [1.165, 1.54) is 18.1 Å². The van der Waals surface area contributed by atoms with Crippen LogP contribution in [0.15, 0.2) is 72.6 Å². The van der Waals surface area contributed by atoms with Gasteiger partial charge >= 0.3 is 0 Å². The fourth-order valence-corrected chi connectivity index (χ4v) is 4.00. The minimum absolute atomic E-state index is 0.0178. The number of carbonyl (C=O) groups is 2. The Morgan fingerprint density at radius 2 is 1.75 bits per heavy atom. The van der Waals surface area contributed by atoms with Gasteiger partial charge in [-0.2, -0.15) is 0 Å². The lowest BCUT2D eigenvalue weighted by Crippen LogP contribution is -2.29. The number of aliphatic hydroxyl groups is 1. The second-order valence-electron chi connectivity index (χ2n) is 7.18. The van der Waals surface area contributed by atoms with Crippen molar-refractivity contribution in [3.8, 4) is 5.75 Å². The van der Waals surface area contributed by atoms with Crippen LogP contribution in [0.2, 0.25) is 10.0 Å². The molecule has 1 amide bonds.